The number of rotatable bonds is 1. The van der Waals surface area contributed by atoms with Crippen LogP contribution in [0.25, 0.3) is 0 Å². The zero-order chi connectivity index (χ0) is 12.5. The molecule has 3 heteroatoms. The molecule has 1 heterocycles. The normalized spacial score (nSPS) is 33.1. The molecule has 3 atom stereocenters. The minimum absolute atomic E-state index is 0.377. The second-order valence-electron chi connectivity index (χ2n) is 5.71. The lowest BCUT2D eigenvalue weighted by Gasteiger charge is -2.46. The molecule has 98 valence electrons. The van der Waals surface area contributed by atoms with E-state index in [0.717, 1.165) is 12.0 Å². The van der Waals surface area contributed by atoms with Gasteiger partial charge in [0.2, 0.25) is 0 Å². The van der Waals surface area contributed by atoms with Crippen molar-refractivity contribution in [1.29, 1.82) is 0 Å². The maximum atomic E-state index is 3.85. The Kier molecular flexibility index (Phi) is 3.73. The maximum absolute atomic E-state index is 3.85. The molecule has 1 saturated heterocycles. The summed E-state index contributed by atoms with van der Waals surface area (Å²) in [7, 11) is 2.24. The quantitative estimate of drug-likeness (QED) is 0.853. The van der Waals surface area contributed by atoms with Crippen LogP contribution in [0.1, 0.15) is 37.4 Å². The summed E-state index contributed by atoms with van der Waals surface area (Å²) in [6.07, 6.45) is 5.93. The van der Waals surface area contributed by atoms with E-state index in [2.05, 4.69) is 57.5 Å². The number of hydrogen-bond donors (Lipinski definition) is 1. The number of nitrogens with one attached hydrogen (secondary N) is 1. The van der Waals surface area contributed by atoms with Crippen LogP contribution in [0.5, 0.6) is 0 Å². The van der Waals surface area contributed by atoms with E-state index in [0.29, 0.717) is 6.17 Å². The summed E-state index contributed by atoms with van der Waals surface area (Å²) in [5.74, 6) is 0.854. The standard InChI is InChI=1S/C15H21BrN2/c1-18-10-12-5-2-3-8-14(12)17-15(18)11-6-4-7-13(16)9-11/h4,6-7,9,12,14-15,17H,2-3,5,8,10H2,1H3/t12-,14-,15+/m1/s1. The monoisotopic (exact) mass is 308 g/mol. The van der Waals surface area contributed by atoms with Gasteiger partial charge in [0.25, 0.3) is 0 Å². The molecule has 1 aliphatic carbocycles. The molecule has 0 unspecified atom stereocenters. The van der Waals surface area contributed by atoms with Crippen molar-refractivity contribution >= 4 is 15.9 Å². The Labute approximate surface area is 118 Å². The van der Waals surface area contributed by atoms with Crippen molar-refractivity contribution in [3.8, 4) is 0 Å². The average molecular weight is 309 g/mol. The molecule has 1 N–H and O–H groups in total. The summed E-state index contributed by atoms with van der Waals surface area (Å²) in [6.45, 7) is 1.23. The lowest BCUT2D eigenvalue weighted by molar-refractivity contribution is 0.0608. The van der Waals surface area contributed by atoms with Gasteiger partial charge in [-0.3, -0.25) is 10.2 Å². The van der Waals surface area contributed by atoms with E-state index < -0.39 is 0 Å². The first-order valence-electron chi connectivity index (χ1n) is 6.96. The minimum Gasteiger partial charge on any atom is -0.295 e. The molecular formula is C15H21BrN2. The van der Waals surface area contributed by atoms with Gasteiger partial charge in [-0.25, -0.2) is 0 Å². The van der Waals surface area contributed by atoms with E-state index in [1.54, 1.807) is 0 Å². The van der Waals surface area contributed by atoms with Crippen molar-refractivity contribution in [2.45, 2.75) is 37.9 Å². The van der Waals surface area contributed by atoms with Gasteiger partial charge in [0.15, 0.2) is 0 Å². The summed E-state index contributed by atoms with van der Waals surface area (Å²) < 4.78 is 1.17. The minimum atomic E-state index is 0.377. The van der Waals surface area contributed by atoms with E-state index >= 15 is 0 Å². The second kappa shape index (κ2) is 5.32. The summed E-state index contributed by atoms with van der Waals surface area (Å²) in [4.78, 5) is 2.47. The van der Waals surface area contributed by atoms with Crippen LogP contribution in [0.15, 0.2) is 28.7 Å². The fraction of sp³-hybridized carbons (Fsp3) is 0.600. The molecule has 1 aromatic rings. The predicted molar refractivity (Wildman–Crippen MR) is 78.4 cm³/mol. The van der Waals surface area contributed by atoms with Crippen molar-refractivity contribution in [2.24, 2.45) is 5.92 Å². The van der Waals surface area contributed by atoms with Crippen LogP contribution in [0, 0.1) is 5.92 Å². The van der Waals surface area contributed by atoms with Crippen molar-refractivity contribution in [3.63, 3.8) is 0 Å². The van der Waals surface area contributed by atoms with Crippen molar-refractivity contribution in [2.75, 3.05) is 13.6 Å². The Morgan fingerprint density at radius 3 is 2.94 bits per heavy atom. The smallest absolute Gasteiger partial charge is 0.0861 e. The zero-order valence-electron chi connectivity index (χ0n) is 10.9. The molecule has 2 fully saturated rings. The number of hydrogen-bond acceptors (Lipinski definition) is 2. The van der Waals surface area contributed by atoms with Crippen LogP contribution in [0.4, 0.5) is 0 Å². The fourth-order valence-electron chi connectivity index (χ4n) is 3.48. The third-order valence-corrected chi connectivity index (χ3v) is 4.90. The van der Waals surface area contributed by atoms with Gasteiger partial charge in [-0.1, -0.05) is 40.9 Å². The number of nitrogens with zero attached hydrogens (tertiary/aromatic N) is 1. The number of halogens is 1. The molecular weight excluding hydrogens is 288 g/mol. The molecule has 1 aromatic carbocycles. The van der Waals surface area contributed by atoms with Crippen molar-refractivity contribution in [3.05, 3.63) is 34.3 Å². The third kappa shape index (κ3) is 2.49. The van der Waals surface area contributed by atoms with Crippen LogP contribution in [-0.2, 0) is 0 Å². The van der Waals surface area contributed by atoms with Gasteiger partial charge in [-0.15, -0.1) is 0 Å². The fourth-order valence-corrected chi connectivity index (χ4v) is 3.90. The van der Waals surface area contributed by atoms with Crippen LogP contribution in [0.2, 0.25) is 0 Å². The van der Waals surface area contributed by atoms with Gasteiger partial charge in [0.1, 0.15) is 0 Å². The van der Waals surface area contributed by atoms with Crippen molar-refractivity contribution < 1.29 is 0 Å². The Balaban J connectivity index is 1.80. The third-order valence-electron chi connectivity index (χ3n) is 4.41. The van der Waals surface area contributed by atoms with Gasteiger partial charge in [0.05, 0.1) is 6.17 Å². The molecule has 3 rings (SSSR count). The number of benzene rings is 1. The van der Waals surface area contributed by atoms with Gasteiger partial charge in [-0.2, -0.15) is 0 Å². The lowest BCUT2D eigenvalue weighted by atomic mass is 9.82. The molecule has 1 saturated carbocycles. The summed E-state index contributed by atoms with van der Waals surface area (Å²) in [6, 6.07) is 9.40. The Morgan fingerprint density at radius 1 is 1.28 bits per heavy atom. The van der Waals surface area contributed by atoms with Gasteiger partial charge in [-0.05, 0) is 43.5 Å². The molecule has 0 aromatic heterocycles. The van der Waals surface area contributed by atoms with E-state index in [-0.39, 0.29) is 0 Å². The van der Waals surface area contributed by atoms with E-state index in [1.807, 2.05) is 0 Å². The van der Waals surface area contributed by atoms with E-state index in [9.17, 15) is 0 Å². The molecule has 2 nitrogen and oxygen atoms in total. The average Bonchev–Trinajstić information content (AvgIpc) is 2.38. The maximum Gasteiger partial charge on any atom is 0.0861 e. The highest BCUT2D eigenvalue weighted by atomic mass is 79.9. The van der Waals surface area contributed by atoms with Crippen LogP contribution in [-0.4, -0.2) is 24.5 Å². The zero-order valence-corrected chi connectivity index (χ0v) is 12.5. The van der Waals surface area contributed by atoms with E-state index in [1.165, 1.54) is 42.3 Å². The highest BCUT2D eigenvalue weighted by molar-refractivity contribution is 9.10. The molecule has 0 spiro atoms. The number of fused-ring (bicyclic) bond motifs is 1. The topological polar surface area (TPSA) is 15.3 Å². The van der Waals surface area contributed by atoms with Gasteiger partial charge < -0.3 is 0 Å². The highest BCUT2D eigenvalue weighted by Crippen LogP contribution is 2.33. The summed E-state index contributed by atoms with van der Waals surface area (Å²) >= 11 is 3.57. The SMILES string of the molecule is CN1C[C@H]2CCCC[C@H]2N[C@@H]1c1cccc(Br)c1. The first-order valence-corrected chi connectivity index (χ1v) is 7.75. The van der Waals surface area contributed by atoms with Crippen LogP contribution >= 0.6 is 15.9 Å². The largest absolute Gasteiger partial charge is 0.295 e. The molecule has 0 radical (unpaired) electrons. The summed E-state index contributed by atoms with van der Waals surface area (Å²) in [5.41, 5.74) is 1.37. The lowest BCUT2D eigenvalue weighted by Crippen LogP contribution is -2.54. The van der Waals surface area contributed by atoms with Crippen LogP contribution < -0.4 is 5.32 Å². The summed E-state index contributed by atoms with van der Waals surface area (Å²) in [5, 5.41) is 3.85. The predicted octanol–water partition coefficient (Wildman–Crippen LogP) is 3.54. The molecule has 0 amide bonds. The first kappa shape index (κ1) is 12.6. The second-order valence-corrected chi connectivity index (χ2v) is 6.63. The highest BCUT2D eigenvalue weighted by Gasteiger charge is 2.34. The Hall–Kier alpha value is -0.380. The molecule has 2 aliphatic rings. The molecule has 18 heavy (non-hydrogen) atoms. The van der Waals surface area contributed by atoms with Crippen LogP contribution in [0.3, 0.4) is 0 Å². The van der Waals surface area contributed by atoms with Gasteiger partial charge >= 0.3 is 0 Å². The molecule has 0 bridgehead atoms. The Morgan fingerprint density at radius 2 is 2.11 bits per heavy atom. The molecule has 1 aliphatic heterocycles. The Bertz CT molecular complexity index is 421. The van der Waals surface area contributed by atoms with E-state index in [4.69, 9.17) is 0 Å². The first-order chi connectivity index (χ1) is 8.74. The van der Waals surface area contributed by atoms with Gasteiger partial charge in [0, 0.05) is 17.1 Å². The van der Waals surface area contributed by atoms with Crippen molar-refractivity contribution in [1.82, 2.24) is 10.2 Å².